The fourth-order valence-electron chi connectivity index (χ4n) is 6.09. The summed E-state index contributed by atoms with van der Waals surface area (Å²) in [6.45, 7) is 4.81. The van der Waals surface area contributed by atoms with Crippen LogP contribution >= 0.6 is 0 Å². The number of piperidine rings is 1. The van der Waals surface area contributed by atoms with Crippen molar-refractivity contribution in [3.05, 3.63) is 138 Å². The third-order valence-electron chi connectivity index (χ3n) is 8.17. The van der Waals surface area contributed by atoms with Crippen molar-refractivity contribution in [2.75, 3.05) is 19.6 Å². The number of aromatic nitrogens is 1. The highest BCUT2D eigenvalue weighted by atomic mass is 16.2. The molecular formula is C37H37N3O. The zero-order valence-corrected chi connectivity index (χ0v) is 23.7. The molecule has 206 valence electrons. The quantitative estimate of drug-likeness (QED) is 0.202. The summed E-state index contributed by atoms with van der Waals surface area (Å²) in [6, 6.07) is 40.1. The molecule has 4 aromatic carbocycles. The molecule has 0 spiro atoms. The van der Waals surface area contributed by atoms with E-state index in [-0.39, 0.29) is 11.9 Å². The number of rotatable bonds is 8. The van der Waals surface area contributed by atoms with E-state index in [0.717, 1.165) is 64.8 Å². The Balaban J connectivity index is 1.54. The van der Waals surface area contributed by atoms with E-state index in [2.05, 4.69) is 120 Å². The van der Waals surface area contributed by atoms with Gasteiger partial charge in [-0.05, 0) is 48.9 Å². The van der Waals surface area contributed by atoms with Gasteiger partial charge in [-0.1, -0.05) is 109 Å². The summed E-state index contributed by atoms with van der Waals surface area (Å²) in [4.78, 5) is 23.6. The molecule has 0 saturated carbocycles. The molecule has 1 unspecified atom stereocenters. The normalized spacial score (nSPS) is 14.3. The highest BCUT2D eigenvalue weighted by molar-refractivity contribution is 5.86. The van der Waals surface area contributed by atoms with Crippen LogP contribution in [0.5, 0.6) is 0 Å². The van der Waals surface area contributed by atoms with Crippen LogP contribution in [0.1, 0.15) is 47.6 Å². The van der Waals surface area contributed by atoms with Gasteiger partial charge >= 0.3 is 0 Å². The van der Waals surface area contributed by atoms with Gasteiger partial charge in [0.25, 0.3) is 0 Å². The highest BCUT2D eigenvalue weighted by Crippen LogP contribution is 2.38. The zero-order valence-electron chi connectivity index (χ0n) is 23.7. The lowest BCUT2D eigenvalue weighted by Gasteiger charge is -2.36. The van der Waals surface area contributed by atoms with Gasteiger partial charge in [0.15, 0.2) is 0 Å². The van der Waals surface area contributed by atoms with E-state index in [9.17, 15) is 4.79 Å². The van der Waals surface area contributed by atoms with Crippen molar-refractivity contribution < 1.29 is 4.79 Å². The first-order valence-corrected chi connectivity index (χ1v) is 14.7. The summed E-state index contributed by atoms with van der Waals surface area (Å²) in [5, 5.41) is 1.11. The second kappa shape index (κ2) is 12.5. The first-order valence-electron chi connectivity index (χ1n) is 14.7. The van der Waals surface area contributed by atoms with E-state index in [1.165, 1.54) is 12.0 Å². The summed E-state index contributed by atoms with van der Waals surface area (Å²) in [7, 11) is 0. The van der Waals surface area contributed by atoms with Crippen molar-refractivity contribution in [2.45, 2.75) is 38.8 Å². The SMILES string of the molecule is Cc1cccc2cc(C(c3ccccc3)N(CC(=O)N3CCCCC3)Cc3ccccc3)c(-c3ccccc3)nc12. The lowest BCUT2D eigenvalue weighted by atomic mass is 9.91. The zero-order chi connectivity index (χ0) is 28.0. The molecule has 41 heavy (non-hydrogen) atoms. The van der Waals surface area contributed by atoms with E-state index in [1.807, 2.05) is 12.1 Å². The second-order valence-corrected chi connectivity index (χ2v) is 11.1. The van der Waals surface area contributed by atoms with E-state index in [0.29, 0.717) is 13.1 Å². The number of likely N-dealkylation sites (tertiary alicyclic amines) is 1. The summed E-state index contributed by atoms with van der Waals surface area (Å²) in [5.41, 5.74) is 7.67. The Morgan fingerprint density at radius 1 is 0.805 bits per heavy atom. The van der Waals surface area contributed by atoms with Crippen LogP contribution in [0.3, 0.4) is 0 Å². The molecule has 1 amide bonds. The van der Waals surface area contributed by atoms with Crippen LogP contribution in [-0.4, -0.2) is 40.3 Å². The first kappa shape index (κ1) is 26.9. The Hall–Kier alpha value is -4.28. The standard InChI is InChI=1S/C37H37N3O/c1-28-15-14-22-32-25-33(36(38-35(28)32)30-18-8-3-9-19-30)37(31-20-10-4-11-21-31)40(26-29-16-6-2-7-17-29)27-34(41)39-23-12-5-13-24-39/h2-4,6-11,14-22,25,37H,5,12-13,23-24,26-27H2,1H3. The van der Waals surface area contributed by atoms with Crippen molar-refractivity contribution in [1.82, 2.24) is 14.8 Å². The van der Waals surface area contributed by atoms with Gasteiger partial charge in [-0.2, -0.15) is 0 Å². The second-order valence-electron chi connectivity index (χ2n) is 11.1. The maximum Gasteiger partial charge on any atom is 0.236 e. The Morgan fingerprint density at radius 2 is 1.46 bits per heavy atom. The summed E-state index contributed by atoms with van der Waals surface area (Å²) in [5.74, 6) is 0.201. The molecule has 2 heterocycles. The largest absolute Gasteiger partial charge is 0.342 e. The number of aryl methyl sites for hydroxylation is 1. The third kappa shape index (κ3) is 6.08. The number of carbonyl (C=O) groups is 1. The summed E-state index contributed by atoms with van der Waals surface area (Å²) in [6.07, 6.45) is 3.37. The van der Waals surface area contributed by atoms with Crippen molar-refractivity contribution in [3.8, 4) is 11.3 Å². The van der Waals surface area contributed by atoms with Crippen molar-refractivity contribution in [2.24, 2.45) is 0 Å². The van der Waals surface area contributed by atoms with E-state index in [1.54, 1.807) is 0 Å². The number of para-hydroxylation sites is 1. The number of hydrogen-bond acceptors (Lipinski definition) is 3. The van der Waals surface area contributed by atoms with Crippen LogP contribution in [0.15, 0.2) is 115 Å². The van der Waals surface area contributed by atoms with Gasteiger partial charge in [-0.25, -0.2) is 4.98 Å². The molecule has 0 aliphatic carbocycles. The highest BCUT2D eigenvalue weighted by Gasteiger charge is 2.30. The molecule has 1 saturated heterocycles. The number of benzene rings is 4. The van der Waals surface area contributed by atoms with Gasteiger partial charge in [0, 0.05) is 36.1 Å². The van der Waals surface area contributed by atoms with Crippen molar-refractivity contribution >= 4 is 16.8 Å². The predicted molar refractivity (Wildman–Crippen MR) is 167 cm³/mol. The fraction of sp³-hybridized carbons (Fsp3) is 0.243. The van der Waals surface area contributed by atoms with Gasteiger partial charge in [0.05, 0.1) is 23.8 Å². The molecule has 1 aromatic heterocycles. The van der Waals surface area contributed by atoms with Crippen LogP contribution in [-0.2, 0) is 11.3 Å². The molecule has 4 nitrogen and oxygen atoms in total. The van der Waals surface area contributed by atoms with Gasteiger partial charge in [0.2, 0.25) is 5.91 Å². The van der Waals surface area contributed by atoms with E-state index in [4.69, 9.17) is 4.98 Å². The molecule has 0 radical (unpaired) electrons. The molecule has 1 aliphatic rings. The molecule has 5 aromatic rings. The number of amides is 1. The van der Waals surface area contributed by atoms with Crippen LogP contribution in [0.4, 0.5) is 0 Å². The Labute approximate surface area is 243 Å². The fourth-order valence-corrected chi connectivity index (χ4v) is 6.09. The van der Waals surface area contributed by atoms with Gasteiger partial charge in [-0.15, -0.1) is 0 Å². The molecule has 4 heteroatoms. The Bertz CT molecular complexity index is 1600. The molecule has 1 fully saturated rings. The predicted octanol–water partition coefficient (Wildman–Crippen LogP) is 7.81. The summed E-state index contributed by atoms with van der Waals surface area (Å²) >= 11 is 0. The molecule has 0 bridgehead atoms. The molecule has 0 N–H and O–H groups in total. The molecule has 1 aliphatic heterocycles. The van der Waals surface area contributed by atoms with E-state index < -0.39 is 0 Å². The average Bonchev–Trinajstić information content (AvgIpc) is 3.03. The Kier molecular flexibility index (Phi) is 8.20. The Morgan fingerprint density at radius 3 is 2.17 bits per heavy atom. The molecule has 6 rings (SSSR count). The van der Waals surface area contributed by atoms with Gasteiger partial charge in [-0.3, -0.25) is 9.69 Å². The number of carbonyl (C=O) groups excluding carboxylic acids is 1. The minimum atomic E-state index is -0.169. The van der Waals surface area contributed by atoms with E-state index >= 15 is 0 Å². The maximum absolute atomic E-state index is 13.8. The molecule has 1 atom stereocenters. The molecular weight excluding hydrogens is 502 g/mol. The van der Waals surface area contributed by atoms with Crippen molar-refractivity contribution in [3.63, 3.8) is 0 Å². The minimum Gasteiger partial charge on any atom is -0.342 e. The summed E-state index contributed by atoms with van der Waals surface area (Å²) < 4.78 is 0. The van der Waals surface area contributed by atoms with Gasteiger partial charge in [0.1, 0.15) is 0 Å². The number of pyridine rings is 1. The number of hydrogen-bond donors (Lipinski definition) is 0. The number of fused-ring (bicyclic) bond motifs is 1. The number of nitrogens with zero attached hydrogens (tertiary/aromatic N) is 3. The average molecular weight is 540 g/mol. The lowest BCUT2D eigenvalue weighted by molar-refractivity contribution is -0.133. The smallest absolute Gasteiger partial charge is 0.236 e. The van der Waals surface area contributed by atoms with Gasteiger partial charge < -0.3 is 4.90 Å². The van der Waals surface area contributed by atoms with Crippen LogP contribution < -0.4 is 0 Å². The first-order chi connectivity index (χ1) is 20.2. The maximum atomic E-state index is 13.8. The van der Waals surface area contributed by atoms with Crippen molar-refractivity contribution in [1.29, 1.82) is 0 Å². The van der Waals surface area contributed by atoms with Crippen LogP contribution in [0, 0.1) is 6.92 Å². The van der Waals surface area contributed by atoms with Crippen LogP contribution in [0.2, 0.25) is 0 Å². The van der Waals surface area contributed by atoms with Crippen LogP contribution in [0.25, 0.3) is 22.2 Å². The monoisotopic (exact) mass is 539 g/mol. The topological polar surface area (TPSA) is 36.4 Å². The third-order valence-corrected chi connectivity index (χ3v) is 8.17. The minimum absolute atomic E-state index is 0.169. The lowest BCUT2D eigenvalue weighted by Crippen LogP contribution is -2.44.